The zero-order valence-corrected chi connectivity index (χ0v) is 15.7. The molecule has 0 saturated heterocycles. The van der Waals surface area contributed by atoms with Crippen LogP contribution < -0.4 is 10.5 Å². The summed E-state index contributed by atoms with van der Waals surface area (Å²) in [7, 11) is 1.60. The average Bonchev–Trinajstić information content (AvgIpc) is 2.63. The van der Waals surface area contributed by atoms with Crippen LogP contribution in [0.15, 0.2) is 42.5 Å². The fourth-order valence-electron chi connectivity index (χ4n) is 2.96. The number of benzene rings is 2. The molecule has 0 unspecified atom stereocenters. The van der Waals surface area contributed by atoms with Crippen molar-refractivity contribution >= 4 is 29.0 Å². The molecule has 6 heteroatoms. The number of nitrogens with two attached hydrogens (primary N) is 1. The average molecular weight is 384 g/mol. The van der Waals surface area contributed by atoms with Crippen LogP contribution in [0.1, 0.15) is 11.3 Å². The zero-order valence-electron chi connectivity index (χ0n) is 14.2. The molecule has 2 aromatic carbocycles. The van der Waals surface area contributed by atoms with Crippen LogP contribution in [0.5, 0.6) is 5.75 Å². The van der Waals surface area contributed by atoms with Gasteiger partial charge in [-0.1, -0.05) is 47.5 Å². The van der Waals surface area contributed by atoms with E-state index in [1.54, 1.807) is 19.2 Å². The number of aryl methyl sites for hydroxylation is 1. The fourth-order valence-corrected chi connectivity index (χ4v) is 3.26. The second-order valence-electron chi connectivity index (χ2n) is 5.65. The molecule has 0 amide bonds. The minimum atomic E-state index is 0.171. The van der Waals surface area contributed by atoms with Crippen LogP contribution in [0.3, 0.4) is 0 Å². The van der Waals surface area contributed by atoms with Gasteiger partial charge in [0.15, 0.2) is 0 Å². The SMILES string of the molecule is COc1ccccc1-c1c(C)nc(N)c(C#N)c1-c1ccc(Cl)c(Cl)c1. The Kier molecular flexibility index (Phi) is 5.03. The number of hydrogen-bond acceptors (Lipinski definition) is 4. The molecule has 0 aliphatic carbocycles. The number of halogens is 2. The van der Waals surface area contributed by atoms with E-state index in [0.29, 0.717) is 27.1 Å². The molecule has 0 aliphatic rings. The summed E-state index contributed by atoms with van der Waals surface area (Å²) < 4.78 is 5.50. The third kappa shape index (κ3) is 3.08. The van der Waals surface area contributed by atoms with Gasteiger partial charge in [-0.15, -0.1) is 0 Å². The highest BCUT2D eigenvalue weighted by Gasteiger charge is 2.22. The van der Waals surface area contributed by atoms with Gasteiger partial charge in [0.25, 0.3) is 0 Å². The van der Waals surface area contributed by atoms with E-state index in [2.05, 4.69) is 11.1 Å². The number of anilines is 1. The highest BCUT2D eigenvalue weighted by molar-refractivity contribution is 6.42. The lowest BCUT2D eigenvalue weighted by atomic mass is 9.90. The Balaban J connectivity index is 2.45. The molecule has 0 aliphatic heterocycles. The Morgan fingerprint density at radius 3 is 2.46 bits per heavy atom. The minimum Gasteiger partial charge on any atom is -0.496 e. The first kappa shape index (κ1) is 18.1. The Labute approximate surface area is 161 Å². The minimum absolute atomic E-state index is 0.171. The van der Waals surface area contributed by atoms with Crippen LogP contribution >= 0.6 is 23.2 Å². The van der Waals surface area contributed by atoms with E-state index in [1.165, 1.54) is 0 Å². The summed E-state index contributed by atoms with van der Waals surface area (Å²) in [6.07, 6.45) is 0. The lowest BCUT2D eigenvalue weighted by Gasteiger charge is -2.18. The molecule has 3 aromatic rings. The van der Waals surface area contributed by atoms with Crippen LogP contribution in [-0.4, -0.2) is 12.1 Å². The molecular weight excluding hydrogens is 369 g/mol. The molecule has 2 N–H and O–H groups in total. The van der Waals surface area contributed by atoms with Crippen LogP contribution in [0.2, 0.25) is 10.0 Å². The normalized spacial score (nSPS) is 10.4. The van der Waals surface area contributed by atoms with Crippen molar-refractivity contribution in [3.05, 3.63) is 63.8 Å². The van der Waals surface area contributed by atoms with Crippen LogP contribution in [0, 0.1) is 18.3 Å². The van der Waals surface area contributed by atoms with Gasteiger partial charge in [-0.2, -0.15) is 5.26 Å². The van der Waals surface area contributed by atoms with Crippen molar-refractivity contribution in [2.45, 2.75) is 6.92 Å². The van der Waals surface area contributed by atoms with Gasteiger partial charge in [-0.3, -0.25) is 0 Å². The van der Waals surface area contributed by atoms with E-state index >= 15 is 0 Å². The lowest BCUT2D eigenvalue weighted by Crippen LogP contribution is -2.04. The smallest absolute Gasteiger partial charge is 0.142 e. The molecule has 0 spiro atoms. The summed E-state index contributed by atoms with van der Waals surface area (Å²) in [5, 5.41) is 10.5. The molecule has 0 bridgehead atoms. The molecule has 3 rings (SSSR count). The maximum atomic E-state index is 9.71. The first-order valence-electron chi connectivity index (χ1n) is 7.77. The summed E-state index contributed by atoms with van der Waals surface area (Å²) in [5.74, 6) is 0.845. The number of para-hydroxylation sites is 1. The molecular formula is C20H15Cl2N3O. The van der Waals surface area contributed by atoms with E-state index in [9.17, 15) is 5.26 Å². The number of nitrogens with zero attached hydrogens (tertiary/aromatic N) is 2. The van der Waals surface area contributed by atoms with Gasteiger partial charge in [0.1, 0.15) is 23.2 Å². The number of pyridine rings is 1. The molecule has 26 heavy (non-hydrogen) atoms. The van der Waals surface area contributed by atoms with E-state index in [4.69, 9.17) is 33.7 Å². The third-order valence-corrected chi connectivity index (χ3v) is 4.84. The standard InChI is InChI=1S/C20H15Cl2N3O/c1-11-18(13-5-3-4-6-17(13)26-2)19(14(10-23)20(24)25-11)12-7-8-15(21)16(22)9-12/h3-9H,1-2H3,(H2,24,25). The van der Waals surface area contributed by atoms with E-state index in [-0.39, 0.29) is 11.4 Å². The predicted octanol–water partition coefficient (Wildman–Crippen LogP) is 5.49. The fraction of sp³-hybridized carbons (Fsp3) is 0.100. The second-order valence-corrected chi connectivity index (χ2v) is 6.46. The zero-order chi connectivity index (χ0) is 18.8. The van der Waals surface area contributed by atoms with Crippen LogP contribution in [0.4, 0.5) is 5.82 Å². The molecule has 0 saturated carbocycles. The van der Waals surface area contributed by atoms with Gasteiger partial charge < -0.3 is 10.5 Å². The lowest BCUT2D eigenvalue weighted by molar-refractivity contribution is 0.416. The maximum absolute atomic E-state index is 9.71. The highest BCUT2D eigenvalue weighted by Crippen LogP contribution is 2.43. The van der Waals surface area contributed by atoms with Crippen LogP contribution in [0.25, 0.3) is 22.3 Å². The summed E-state index contributed by atoms with van der Waals surface area (Å²) in [6.45, 7) is 1.85. The van der Waals surface area contributed by atoms with Gasteiger partial charge in [0.05, 0.1) is 17.2 Å². The maximum Gasteiger partial charge on any atom is 0.142 e. The summed E-state index contributed by atoms with van der Waals surface area (Å²) >= 11 is 12.3. The summed E-state index contributed by atoms with van der Waals surface area (Å²) in [4.78, 5) is 4.36. The quantitative estimate of drug-likeness (QED) is 0.648. The van der Waals surface area contributed by atoms with E-state index in [0.717, 1.165) is 16.7 Å². The van der Waals surface area contributed by atoms with Gasteiger partial charge in [-0.05, 0) is 30.7 Å². The topological polar surface area (TPSA) is 71.9 Å². The highest BCUT2D eigenvalue weighted by atomic mass is 35.5. The largest absolute Gasteiger partial charge is 0.496 e. The van der Waals surface area contributed by atoms with Crippen molar-refractivity contribution in [2.24, 2.45) is 0 Å². The molecule has 0 atom stereocenters. The van der Waals surface area contributed by atoms with Crippen molar-refractivity contribution in [3.8, 4) is 34.1 Å². The van der Waals surface area contributed by atoms with Gasteiger partial charge in [-0.25, -0.2) is 4.98 Å². The van der Waals surface area contributed by atoms with Crippen molar-refractivity contribution in [3.63, 3.8) is 0 Å². The second kappa shape index (κ2) is 7.25. The van der Waals surface area contributed by atoms with Crippen molar-refractivity contribution in [1.82, 2.24) is 4.98 Å². The number of nitrogen functional groups attached to an aromatic ring is 1. The third-order valence-electron chi connectivity index (χ3n) is 4.10. The van der Waals surface area contributed by atoms with Gasteiger partial charge >= 0.3 is 0 Å². The number of hydrogen-bond donors (Lipinski definition) is 1. The predicted molar refractivity (Wildman–Crippen MR) is 106 cm³/mol. The number of ether oxygens (including phenoxy) is 1. The number of methoxy groups -OCH3 is 1. The first-order chi connectivity index (χ1) is 12.5. The van der Waals surface area contributed by atoms with Gasteiger partial charge in [0.2, 0.25) is 0 Å². The molecule has 1 heterocycles. The van der Waals surface area contributed by atoms with Crippen molar-refractivity contribution in [2.75, 3.05) is 12.8 Å². The van der Waals surface area contributed by atoms with Crippen molar-refractivity contribution < 1.29 is 4.74 Å². The molecule has 1 aromatic heterocycles. The Bertz CT molecular complexity index is 1040. The molecule has 130 valence electrons. The number of aromatic nitrogens is 1. The summed E-state index contributed by atoms with van der Waals surface area (Å²) in [5.41, 5.74) is 9.98. The number of rotatable bonds is 3. The van der Waals surface area contributed by atoms with E-state index in [1.807, 2.05) is 37.3 Å². The van der Waals surface area contributed by atoms with Crippen LogP contribution in [-0.2, 0) is 0 Å². The molecule has 4 nitrogen and oxygen atoms in total. The Hall–Kier alpha value is -2.74. The summed E-state index contributed by atoms with van der Waals surface area (Å²) in [6, 6.07) is 14.9. The Morgan fingerprint density at radius 2 is 1.81 bits per heavy atom. The molecule has 0 radical (unpaired) electrons. The van der Waals surface area contributed by atoms with Crippen molar-refractivity contribution in [1.29, 1.82) is 5.26 Å². The Morgan fingerprint density at radius 1 is 1.08 bits per heavy atom. The monoisotopic (exact) mass is 383 g/mol. The number of nitriles is 1. The van der Waals surface area contributed by atoms with Gasteiger partial charge in [0, 0.05) is 22.4 Å². The van der Waals surface area contributed by atoms with E-state index < -0.39 is 0 Å². The molecule has 0 fully saturated rings. The first-order valence-corrected chi connectivity index (χ1v) is 8.52.